The van der Waals surface area contributed by atoms with E-state index < -0.39 is 255 Å². The minimum absolute atomic E-state index is 1.04. The Bertz CT molecular complexity index is 1750. The topological polar surface area (TPSA) is 565 Å². The van der Waals surface area contributed by atoms with Crippen molar-refractivity contribution in [2.45, 2.75) is 209 Å². The van der Waals surface area contributed by atoms with Crippen molar-refractivity contribution in [2.24, 2.45) is 0 Å². The first-order valence-corrected chi connectivity index (χ1v) is 24.1. The molecule has 22 saturated heterocycles. The maximum atomic E-state index is 11.8. The van der Waals surface area contributed by atoms with Gasteiger partial charge in [0.15, 0.2) is 44.0 Å². The van der Waals surface area contributed by atoms with E-state index in [0.717, 1.165) is 0 Å². The number of hydrogen-bond acceptors (Lipinski definition) is 35. The molecule has 0 amide bonds. The lowest BCUT2D eigenvalue weighted by Crippen LogP contribution is -2.69. The van der Waals surface area contributed by atoms with Gasteiger partial charge in [-0.3, -0.25) is 0 Å². The Morgan fingerprint density at radius 3 is 0.737 bits per heavy atom. The van der Waals surface area contributed by atoms with Gasteiger partial charge in [-0.15, -0.1) is 0 Å². The van der Waals surface area contributed by atoms with Gasteiger partial charge in [-0.05, 0) is 0 Å². The molecule has 22 fully saturated rings. The van der Waals surface area contributed by atoms with Crippen LogP contribution >= 0.6 is 0 Å². The zero-order valence-corrected chi connectivity index (χ0v) is 39.7. The average molecular weight is 1120 g/mol. The Balaban J connectivity index is 1.24. The van der Waals surface area contributed by atoms with Crippen molar-refractivity contribution in [3.63, 3.8) is 0 Å². The molecule has 444 valence electrons. The highest BCUT2D eigenvalue weighted by Crippen LogP contribution is 2.39. The molecule has 22 aliphatic heterocycles. The fourth-order valence-electron chi connectivity index (χ4n) is 9.81. The predicted octanol–water partition coefficient (Wildman–Crippen LogP) is -15.6. The monoisotopic (exact) mass is 1120 g/mol. The van der Waals surface area contributed by atoms with E-state index in [4.69, 9.17) is 61.6 Å². The molecular formula is C41H70O35. The molecule has 0 saturated carbocycles. The summed E-state index contributed by atoms with van der Waals surface area (Å²) in [7, 11) is 0. The molecule has 22 heterocycles. The quantitative estimate of drug-likeness (QED) is 0.0807. The van der Waals surface area contributed by atoms with Crippen LogP contribution in [0.25, 0.3) is 0 Å². The van der Waals surface area contributed by atoms with Gasteiger partial charge in [0.05, 0.1) is 46.2 Å². The van der Waals surface area contributed by atoms with Crippen molar-refractivity contribution >= 4 is 0 Å². The second kappa shape index (κ2) is 26.7. The largest absolute Gasteiger partial charge is 0.394 e. The van der Waals surface area contributed by atoms with Gasteiger partial charge in [-0.25, -0.2) is 0 Å². The van der Waals surface area contributed by atoms with Gasteiger partial charge in [-0.2, -0.15) is 0 Å². The van der Waals surface area contributed by atoms with Gasteiger partial charge in [0.2, 0.25) is 0 Å². The summed E-state index contributed by atoms with van der Waals surface area (Å²) in [4.78, 5) is 0. The highest BCUT2D eigenvalue weighted by molar-refractivity contribution is 5.01. The van der Waals surface area contributed by atoms with Crippen LogP contribution in [0.2, 0.25) is 0 Å². The number of aliphatic hydroxyl groups is 22. The van der Waals surface area contributed by atoms with E-state index in [1.54, 1.807) is 0 Å². The van der Waals surface area contributed by atoms with Gasteiger partial charge in [0.1, 0.15) is 165 Å². The summed E-state index contributed by atoms with van der Waals surface area (Å²) in [5.41, 5.74) is 0. The molecule has 22 aliphatic rings. The van der Waals surface area contributed by atoms with E-state index in [0.29, 0.717) is 0 Å². The van der Waals surface area contributed by atoms with Crippen LogP contribution in [0.1, 0.15) is 0 Å². The minimum Gasteiger partial charge on any atom is -0.394 e. The van der Waals surface area contributed by atoms with E-state index in [1.807, 2.05) is 0 Å². The number of ether oxygens (including phenoxy) is 13. The molecule has 12 bridgehead atoms. The summed E-state index contributed by atoms with van der Waals surface area (Å²) in [5.74, 6) is 0. The van der Waals surface area contributed by atoms with Gasteiger partial charge in [0.25, 0.3) is 0 Å². The van der Waals surface area contributed by atoms with Crippen molar-refractivity contribution < 1.29 is 174 Å². The van der Waals surface area contributed by atoms with Crippen molar-refractivity contribution in [1.82, 2.24) is 0 Å². The van der Waals surface area contributed by atoms with E-state index >= 15 is 0 Å². The first-order chi connectivity index (χ1) is 36.1. The smallest absolute Gasteiger partial charge is 0.187 e. The lowest BCUT2D eigenvalue weighted by Gasteiger charge is -2.51. The Hall–Kier alpha value is -1.40. The van der Waals surface area contributed by atoms with Crippen molar-refractivity contribution in [3.8, 4) is 0 Å². The summed E-state index contributed by atoms with van der Waals surface area (Å²) >= 11 is 0. The molecule has 0 spiro atoms. The minimum atomic E-state index is -2.67. The average Bonchev–Trinajstić information content (AvgIpc) is 3.43. The van der Waals surface area contributed by atoms with Crippen molar-refractivity contribution in [1.29, 1.82) is 0 Å². The van der Waals surface area contributed by atoms with Gasteiger partial charge in [-0.1, -0.05) is 0 Å². The van der Waals surface area contributed by atoms with Gasteiger partial charge >= 0.3 is 0 Å². The summed E-state index contributed by atoms with van der Waals surface area (Å²) in [6.07, 6.45) is -71.9. The molecule has 4 unspecified atom stereocenters. The number of rotatable bonds is 12. The third-order valence-corrected chi connectivity index (χ3v) is 14.2. The van der Waals surface area contributed by atoms with Crippen LogP contribution in [0, 0.1) is 0 Å². The Morgan fingerprint density at radius 2 is 0.500 bits per heavy atom. The van der Waals surface area contributed by atoms with E-state index in [9.17, 15) is 112 Å². The van der Waals surface area contributed by atoms with Crippen LogP contribution < -0.4 is 0 Å². The van der Waals surface area contributed by atoms with Crippen LogP contribution in [0.3, 0.4) is 0 Å². The molecular weight excluding hydrogens is 1050 g/mol. The Morgan fingerprint density at radius 1 is 0.276 bits per heavy atom. The van der Waals surface area contributed by atoms with Crippen molar-refractivity contribution in [2.75, 3.05) is 46.2 Å². The third-order valence-electron chi connectivity index (χ3n) is 14.2. The standard InChI is InChI=1S/C41H70O35/c42-1-8(49)15(50)21(56)35(63)70-34-27(62)41-69-14(7-48)33(34)76-40-26(61)20(55)31(12(5-46)68-40)74-38-24(59)18(53)29(10(3-44)66-38)72-36-22(57)16(51)28(9(2-43)64-36)71-37-23(58)17(52)30(11(4-45)65-37)73-39-25(60)19(54)32(75-41)13(6-47)67-39/h8-63H,1-7H2/t8?,9-,10-,11-,12-,13-,14-,15?,16-,17-,18-,19-,20-,21?,22-,23-,24-,25-,26-,27-,28-,29-,30-,31-,32-,33+,34-,35?,36-,37-,38-,39-,40-,41-/m1/s1. The second-order valence-corrected chi connectivity index (χ2v) is 19.1. The van der Waals surface area contributed by atoms with Crippen LogP contribution in [0.15, 0.2) is 0 Å². The zero-order chi connectivity index (χ0) is 55.8. The van der Waals surface area contributed by atoms with E-state index in [1.165, 1.54) is 0 Å². The molecule has 76 heavy (non-hydrogen) atoms. The summed E-state index contributed by atoms with van der Waals surface area (Å²) in [6, 6.07) is 0. The Kier molecular flexibility index (Phi) is 21.8. The molecule has 35 nitrogen and oxygen atoms in total. The molecule has 34 atom stereocenters. The Labute approximate surface area is 428 Å². The molecule has 0 aromatic rings. The van der Waals surface area contributed by atoms with E-state index in [-0.39, 0.29) is 0 Å². The first-order valence-electron chi connectivity index (χ1n) is 24.1. The van der Waals surface area contributed by atoms with Crippen LogP contribution in [-0.2, 0) is 61.6 Å². The predicted molar refractivity (Wildman–Crippen MR) is 226 cm³/mol. The summed E-state index contributed by atoms with van der Waals surface area (Å²) in [6.45, 7) is -7.73. The SMILES string of the molecule is OCC(O)C(O)C(O)C(O)O[C@@H]1[C@@H](O)[C@H]2O[C@H]3[C@H](O)[C@@H](O)[C@@H](O[C@H]4[C@H](O)[C@@H](O)[C@@H](O[C@H]5[C@H](O)[C@@H](O)[C@@H](O[C@H]6[C@H](O)[C@@H](O)[C@@H](O[C@H]7[C@H](O)[C@@H](O)[C@@H](O[C@H]1[C@@H](CO)O2)O[C@@H]7CO)O[C@@H]6CO)O[C@@H]5CO)O[C@@H]4CO)O[C@@H]3CO. The molecule has 0 aromatic carbocycles. The fraction of sp³-hybridized carbons (Fsp3) is 1.00. The zero-order valence-electron chi connectivity index (χ0n) is 39.7. The van der Waals surface area contributed by atoms with Crippen LogP contribution in [0.4, 0.5) is 0 Å². The second-order valence-electron chi connectivity index (χ2n) is 19.1. The lowest BCUT2D eigenvalue weighted by atomic mass is 9.94. The maximum Gasteiger partial charge on any atom is 0.187 e. The highest BCUT2D eigenvalue weighted by atomic mass is 16.8. The molecule has 0 aliphatic carbocycles. The van der Waals surface area contributed by atoms with Gasteiger partial charge < -0.3 is 174 Å². The molecule has 35 heteroatoms. The normalized spacial score (nSPS) is 51.4. The number of aliphatic hydroxyl groups excluding tert-OH is 22. The van der Waals surface area contributed by atoms with E-state index in [2.05, 4.69) is 0 Å². The van der Waals surface area contributed by atoms with Crippen LogP contribution in [0.5, 0.6) is 0 Å². The third kappa shape index (κ3) is 12.5. The maximum absolute atomic E-state index is 11.8. The van der Waals surface area contributed by atoms with Crippen molar-refractivity contribution in [3.05, 3.63) is 0 Å². The highest BCUT2D eigenvalue weighted by Gasteiger charge is 2.59. The summed E-state index contributed by atoms with van der Waals surface area (Å²) in [5, 5.41) is 239. The fourth-order valence-corrected chi connectivity index (χ4v) is 9.81. The molecule has 22 rings (SSSR count). The molecule has 22 N–H and O–H groups in total. The molecule has 0 radical (unpaired) electrons. The van der Waals surface area contributed by atoms with Gasteiger partial charge in [0, 0.05) is 0 Å². The number of hydrogen-bond donors (Lipinski definition) is 22. The summed E-state index contributed by atoms with van der Waals surface area (Å²) < 4.78 is 74.0. The lowest BCUT2D eigenvalue weighted by molar-refractivity contribution is -0.408. The first kappa shape index (κ1) is 62.2. The molecule has 0 aromatic heterocycles. The van der Waals surface area contributed by atoms with Crippen LogP contribution in [-0.4, -0.2) is 367 Å².